The van der Waals surface area contributed by atoms with Crippen LogP contribution in [0.25, 0.3) is 0 Å². The molecule has 1 aromatic rings. The van der Waals surface area contributed by atoms with Crippen LogP contribution in [0.2, 0.25) is 0 Å². The molecule has 0 spiro atoms. The summed E-state index contributed by atoms with van der Waals surface area (Å²) in [6.45, 7) is 2.59. The van der Waals surface area contributed by atoms with Crippen molar-refractivity contribution in [2.24, 2.45) is 0 Å². The van der Waals surface area contributed by atoms with E-state index >= 15 is 0 Å². The van der Waals surface area contributed by atoms with Gasteiger partial charge in [-0.25, -0.2) is 0 Å². The maximum atomic E-state index is 11.9. The standard InChI is InChI=1S/C25H44O3S.Na.H/c1-2-3-4-5-6-7-8-9-10-11-12-13-14-15-16-20-23-28-29(26,27)24-25-21-18-17-19-22-25;;/h17-19,21-22H,2-16,20,23-24H2,1H3;;/q;+1;-1. The summed E-state index contributed by atoms with van der Waals surface area (Å²) in [5.74, 6) is -0.0350. The number of unbranched alkanes of at least 4 members (excludes halogenated alkanes) is 15. The van der Waals surface area contributed by atoms with E-state index < -0.39 is 10.1 Å². The molecule has 0 radical (unpaired) electrons. The molecule has 0 atom stereocenters. The molecule has 0 bridgehead atoms. The predicted octanol–water partition coefficient (Wildman–Crippen LogP) is 4.91. The fourth-order valence-corrected chi connectivity index (χ4v) is 4.71. The van der Waals surface area contributed by atoms with Gasteiger partial charge in [0.15, 0.2) is 0 Å². The predicted molar refractivity (Wildman–Crippen MR) is 126 cm³/mol. The van der Waals surface area contributed by atoms with Crippen molar-refractivity contribution in [1.82, 2.24) is 0 Å². The summed E-state index contributed by atoms with van der Waals surface area (Å²) in [7, 11) is -3.46. The van der Waals surface area contributed by atoms with Crippen LogP contribution >= 0.6 is 0 Å². The number of hydrogen-bond donors (Lipinski definition) is 0. The summed E-state index contributed by atoms with van der Waals surface area (Å²) in [6, 6.07) is 9.21. The second kappa shape index (κ2) is 21.0. The van der Waals surface area contributed by atoms with Crippen LogP contribution in [0.15, 0.2) is 30.3 Å². The maximum absolute atomic E-state index is 11.9. The van der Waals surface area contributed by atoms with Gasteiger partial charge in [-0.3, -0.25) is 4.18 Å². The Morgan fingerprint density at radius 2 is 1.07 bits per heavy atom. The average molecular weight is 449 g/mol. The first-order valence-electron chi connectivity index (χ1n) is 12.0. The third-order valence-corrected chi connectivity index (χ3v) is 6.66. The van der Waals surface area contributed by atoms with E-state index in [-0.39, 0.29) is 36.7 Å². The zero-order valence-corrected chi connectivity index (χ0v) is 22.6. The van der Waals surface area contributed by atoms with Gasteiger partial charge in [0, 0.05) is 0 Å². The Hall–Kier alpha value is 0.130. The molecule has 170 valence electrons. The molecule has 0 fully saturated rings. The Kier molecular flexibility index (Phi) is 21.1. The molecule has 1 aromatic carbocycles. The minimum Gasteiger partial charge on any atom is -1.00 e. The van der Waals surface area contributed by atoms with Crippen LogP contribution in [0.5, 0.6) is 0 Å². The molecular formula is C25H45NaO3S. The van der Waals surface area contributed by atoms with Crippen LogP contribution in [-0.2, 0) is 20.1 Å². The second-order valence-electron chi connectivity index (χ2n) is 8.31. The summed E-state index contributed by atoms with van der Waals surface area (Å²) in [5.41, 5.74) is 0.777. The minimum absolute atomic E-state index is 0. The Bertz CT molecular complexity index is 582. The zero-order valence-electron chi connectivity index (χ0n) is 20.7. The van der Waals surface area contributed by atoms with Gasteiger partial charge in [0.25, 0.3) is 10.1 Å². The topological polar surface area (TPSA) is 43.4 Å². The fraction of sp³-hybridized carbons (Fsp3) is 0.760. The van der Waals surface area contributed by atoms with Crippen LogP contribution < -0.4 is 29.6 Å². The second-order valence-corrected chi connectivity index (χ2v) is 9.95. The smallest absolute Gasteiger partial charge is 1.00 e. The third kappa shape index (κ3) is 18.9. The molecule has 1 rings (SSSR count). The molecule has 0 aliphatic carbocycles. The van der Waals surface area contributed by atoms with Crippen molar-refractivity contribution in [2.75, 3.05) is 6.61 Å². The molecule has 0 aliphatic rings. The molecule has 0 amide bonds. The van der Waals surface area contributed by atoms with Gasteiger partial charge in [-0.05, 0) is 12.0 Å². The van der Waals surface area contributed by atoms with Gasteiger partial charge in [-0.2, -0.15) is 8.42 Å². The van der Waals surface area contributed by atoms with E-state index in [2.05, 4.69) is 6.92 Å². The van der Waals surface area contributed by atoms with Crippen LogP contribution in [0.4, 0.5) is 0 Å². The van der Waals surface area contributed by atoms with Crippen molar-refractivity contribution in [3.8, 4) is 0 Å². The first-order chi connectivity index (χ1) is 14.1. The first-order valence-corrected chi connectivity index (χ1v) is 13.6. The monoisotopic (exact) mass is 448 g/mol. The fourth-order valence-electron chi connectivity index (χ4n) is 3.66. The van der Waals surface area contributed by atoms with Crippen molar-refractivity contribution in [3.63, 3.8) is 0 Å². The normalized spacial score (nSPS) is 11.4. The number of benzene rings is 1. The molecule has 0 saturated heterocycles. The van der Waals surface area contributed by atoms with Crippen LogP contribution in [-0.4, -0.2) is 15.0 Å². The summed E-state index contributed by atoms with van der Waals surface area (Å²) in [6.07, 6.45) is 21.0. The van der Waals surface area contributed by atoms with Gasteiger partial charge >= 0.3 is 29.6 Å². The van der Waals surface area contributed by atoms with Crippen molar-refractivity contribution in [3.05, 3.63) is 35.9 Å². The SMILES string of the molecule is CCCCCCCCCCCCCCCCCCOS(=O)(=O)Cc1ccccc1.[H-].[Na+]. The van der Waals surface area contributed by atoms with Crippen LogP contribution in [0.3, 0.4) is 0 Å². The van der Waals surface area contributed by atoms with Crippen molar-refractivity contribution in [1.29, 1.82) is 0 Å². The van der Waals surface area contributed by atoms with E-state index in [0.717, 1.165) is 18.4 Å². The van der Waals surface area contributed by atoms with E-state index in [1.54, 1.807) is 0 Å². The number of rotatable bonds is 20. The summed E-state index contributed by atoms with van der Waals surface area (Å²) in [4.78, 5) is 0. The average Bonchev–Trinajstić information content (AvgIpc) is 2.70. The van der Waals surface area contributed by atoms with Crippen molar-refractivity contribution in [2.45, 2.75) is 115 Å². The van der Waals surface area contributed by atoms with Gasteiger partial charge < -0.3 is 1.43 Å². The van der Waals surface area contributed by atoms with Gasteiger partial charge in [0.1, 0.15) is 5.75 Å². The Labute approximate surface area is 210 Å². The molecule has 0 heterocycles. The van der Waals surface area contributed by atoms with Gasteiger partial charge in [0.05, 0.1) is 6.61 Å². The van der Waals surface area contributed by atoms with E-state index in [9.17, 15) is 8.42 Å². The molecular weight excluding hydrogens is 403 g/mol. The van der Waals surface area contributed by atoms with Gasteiger partial charge in [0.2, 0.25) is 0 Å². The molecule has 0 aromatic heterocycles. The molecule has 0 aliphatic heterocycles. The van der Waals surface area contributed by atoms with E-state index in [0.29, 0.717) is 6.61 Å². The molecule has 0 unspecified atom stereocenters. The summed E-state index contributed by atoms with van der Waals surface area (Å²) in [5, 5.41) is 0. The molecule has 0 saturated carbocycles. The third-order valence-electron chi connectivity index (χ3n) is 5.45. The first kappa shape index (κ1) is 30.1. The Balaban J connectivity index is 0. The molecule has 3 nitrogen and oxygen atoms in total. The molecule has 30 heavy (non-hydrogen) atoms. The Morgan fingerprint density at radius 3 is 1.50 bits per heavy atom. The summed E-state index contributed by atoms with van der Waals surface area (Å²) >= 11 is 0. The van der Waals surface area contributed by atoms with Crippen LogP contribution in [0.1, 0.15) is 117 Å². The summed E-state index contributed by atoms with van der Waals surface area (Å²) < 4.78 is 29.0. The minimum atomic E-state index is -3.46. The van der Waals surface area contributed by atoms with E-state index in [1.165, 1.54) is 89.9 Å². The molecule has 0 N–H and O–H groups in total. The van der Waals surface area contributed by atoms with Gasteiger partial charge in [-0.1, -0.05) is 134 Å². The van der Waals surface area contributed by atoms with Crippen molar-refractivity contribution >= 4 is 10.1 Å². The largest absolute Gasteiger partial charge is 1.00 e. The molecule has 5 heteroatoms. The van der Waals surface area contributed by atoms with Crippen LogP contribution in [0, 0.1) is 0 Å². The zero-order chi connectivity index (χ0) is 21.0. The quantitative estimate of drug-likeness (QED) is 0.162. The van der Waals surface area contributed by atoms with Crippen molar-refractivity contribution < 1.29 is 43.6 Å². The Morgan fingerprint density at radius 1 is 0.667 bits per heavy atom. The number of hydrogen-bond acceptors (Lipinski definition) is 3. The van der Waals surface area contributed by atoms with Gasteiger partial charge in [-0.15, -0.1) is 0 Å². The van der Waals surface area contributed by atoms with E-state index in [1.807, 2.05) is 30.3 Å². The maximum Gasteiger partial charge on any atom is 1.00 e. The van der Waals surface area contributed by atoms with E-state index in [4.69, 9.17) is 4.18 Å².